The summed E-state index contributed by atoms with van der Waals surface area (Å²) in [6.45, 7) is 12.1. The van der Waals surface area contributed by atoms with E-state index in [1.54, 1.807) is 13.8 Å². The average Bonchev–Trinajstić information content (AvgIpc) is 2.64. The van der Waals surface area contributed by atoms with Crippen molar-refractivity contribution < 1.29 is 18.3 Å². The zero-order valence-corrected chi connectivity index (χ0v) is 19.0. The van der Waals surface area contributed by atoms with Gasteiger partial charge in [0.15, 0.2) is 6.35 Å². The van der Waals surface area contributed by atoms with Crippen molar-refractivity contribution in [1.29, 1.82) is 0 Å². The van der Waals surface area contributed by atoms with E-state index in [9.17, 15) is 9.36 Å². The van der Waals surface area contributed by atoms with Gasteiger partial charge in [-0.2, -0.15) is 5.10 Å². The largest absolute Gasteiger partial charge is 0.481 e. The van der Waals surface area contributed by atoms with E-state index in [4.69, 9.17) is 13.8 Å². The molecule has 0 unspecified atom stereocenters. The van der Waals surface area contributed by atoms with Crippen molar-refractivity contribution in [3.63, 3.8) is 0 Å². The standard InChI is InChI=1S/C21H31N2O5P/c1-7-27-29(25,28-8-2)13-26-18-9-15(5)20(16(6)10-18)12-17-11-19(14(3)4)21(24)23-22-17/h9-11,14H,7-8,12-13H2,1-6H3,(H,23,24). The lowest BCUT2D eigenvalue weighted by atomic mass is 9.96. The molecule has 0 fully saturated rings. The fourth-order valence-electron chi connectivity index (χ4n) is 3.14. The second-order valence-corrected chi connectivity index (χ2v) is 9.23. The first-order valence-corrected chi connectivity index (χ1v) is 11.6. The van der Waals surface area contributed by atoms with Crippen molar-refractivity contribution in [2.45, 2.75) is 53.9 Å². The first-order chi connectivity index (χ1) is 13.7. The highest BCUT2D eigenvalue weighted by molar-refractivity contribution is 7.53. The Morgan fingerprint density at radius 3 is 2.17 bits per heavy atom. The summed E-state index contributed by atoms with van der Waals surface area (Å²) in [5.41, 5.74) is 4.57. The maximum atomic E-state index is 12.6. The van der Waals surface area contributed by atoms with Gasteiger partial charge in [-0.15, -0.1) is 0 Å². The molecule has 0 amide bonds. The van der Waals surface area contributed by atoms with Crippen LogP contribution in [-0.4, -0.2) is 29.8 Å². The average molecular weight is 422 g/mol. The Balaban J connectivity index is 2.20. The number of rotatable bonds is 10. The summed E-state index contributed by atoms with van der Waals surface area (Å²) in [5, 5.41) is 6.78. The lowest BCUT2D eigenvalue weighted by molar-refractivity contribution is 0.197. The van der Waals surface area contributed by atoms with Gasteiger partial charge in [-0.05, 0) is 68.5 Å². The first-order valence-electron chi connectivity index (χ1n) is 9.88. The number of aromatic nitrogens is 2. The summed E-state index contributed by atoms with van der Waals surface area (Å²) in [5.74, 6) is 0.741. The molecule has 160 valence electrons. The van der Waals surface area contributed by atoms with Crippen molar-refractivity contribution in [3.8, 4) is 5.75 Å². The van der Waals surface area contributed by atoms with E-state index in [0.29, 0.717) is 25.4 Å². The van der Waals surface area contributed by atoms with Crippen LogP contribution in [0.1, 0.15) is 61.6 Å². The van der Waals surface area contributed by atoms with Crippen LogP contribution < -0.4 is 10.3 Å². The lowest BCUT2D eigenvalue weighted by Crippen LogP contribution is -2.17. The highest BCUT2D eigenvalue weighted by Gasteiger charge is 2.25. The minimum absolute atomic E-state index is 0.129. The number of H-pyrrole nitrogens is 1. The highest BCUT2D eigenvalue weighted by Crippen LogP contribution is 2.48. The molecule has 0 atom stereocenters. The van der Waals surface area contributed by atoms with Crippen LogP contribution in [0.2, 0.25) is 0 Å². The van der Waals surface area contributed by atoms with Crippen LogP contribution >= 0.6 is 7.60 Å². The van der Waals surface area contributed by atoms with Crippen LogP contribution in [0.25, 0.3) is 0 Å². The van der Waals surface area contributed by atoms with Gasteiger partial charge in [0.1, 0.15) is 5.75 Å². The van der Waals surface area contributed by atoms with Gasteiger partial charge >= 0.3 is 7.60 Å². The molecule has 2 aromatic rings. The molecule has 1 aromatic carbocycles. The van der Waals surface area contributed by atoms with E-state index < -0.39 is 7.60 Å². The predicted molar refractivity (Wildman–Crippen MR) is 114 cm³/mol. The van der Waals surface area contributed by atoms with E-state index >= 15 is 0 Å². The molecular formula is C21H31N2O5P. The van der Waals surface area contributed by atoms with Crippen molar-refractivity contribution in [2.24, 2.45) is 0 Å². The molecule has 1 N–H and O–H groups in total. The predicted octanol–water partition coefficient (Wildman–Crippen LogP) is 4.70. The minimum atomic E-state index is -3.27. The number of aryl methyl sites for hydroxylation is 2. The molecule has 0 aliphatic heterocycles. The first kappa shape index (κ1) is 23.3. The van der Waals surface area contributed by atoms with E-state index in [-0.39, 0.29) is 17.8 Å². The SMILES string of the molecule is CCOP(=O)(COc1cc(C)c(Cc2cc(C(C)C)c(=O)[nH]n2)c(C)c1)OCC. The molecule has 0 aliphatic rings. The Morgan fingerprint density at radius 1 is 1.07 bits per heavy atom. The zero-order valence-electron chi connectivity index (χ0n) is 18.1. The summed E-state index contributed by atoms with van der Waals surface area (Å²) in [6, 6.07) is 5.67. The number of nitrogens with zero attached hydrogens (tertiary/aromatic N) is 1. The molecule has 29 heavy (non-hydrogen) atoms. The van der Waals surface area contributed by atoms with Crippen LogP contribution in [0, 0.1) is 13.8 Å². The van der Waals surface area contributed by atoms with Gasteiger partial charge in [0.25, 0.3) is 5.56 Å². The third-order valence-electron chi connectivity index (χ3n) is 4.58. The molecule has 0 spiro atoms. The second kappa shape index (κ2) is 10.2. The quantitative estimate of drug-likeness (QED) is 0.558. The molecule has 1 heterocycles. The normalized spacial score (nSPS) is 11.8. The molecule has 0 bridgehead atoms. The van der Waals surface area contributed by atoms with Gasteiger partial charge in [0.05, 0.1) is 18.9 Å². The molecule has 8 heteroatoms. The Bertz CT molecular complexity index is 906. The van der Waals surface area contributed by atoms with Crippen molar-refractivity contribution in [3.05, 3.63) is 56.5 Å². The van der Waals surface area contributed by atoms with Gasteiger partial charge in [-0.3, -0.25) is 9.36 Å². The third-order valence-corrected chi connectivity index (χ3v) is 6.32. The second-order valence-electron chi connectivity index (χ2n) is 7.23. The van der Waals surface area contributed by atoms with Crippen LogP contribution in [-0.2, 0) is 20.0 Å². The zero-order chi connectivity index (χ0) is 21.6. The maximum Gasteiger partial charge on any atom is 0.367 e. The molecule has 7 nitrogen and oxygen atoms in total. The lowest BCUT2D eigenvalue weighted by Gasteiger charge is -2.18. The van der Waals surface area contributed by atoms with E-state index in [0.717, 1.165) is 27.9 Å². The molecule has 1 aromatic heterocycles. The summed E-state index contributed by atoms with van der Waals surface area (Å²) >= 11 is 0. The molecule has 0 radical (unpaired) electrons. The molecule has 2 rings (SSSR count). The van der Waals surface area contributed by atoms with E-state index in [2.05, 4.69) is 10.2 Å². The van der Waals surface area contributed by atoms with Crippen LogP contribution in [0.15, 0.2) is 23.0 Å². The van der Waals surface area contributed by atoms with Crippen LogP contribution in [0.5, 0.6) is 5.75 Å². The number of benzene rings is 1. The Morgan fingerprint density at radius 2 is 1.66 bits per heavy atom. The summed E-state index contributed by atoms with van der Waals surface area (Å²) in [4.78, 5) is 11.9. The van der Waals surface area contributed by atoms with Gasteiger partial charge in [-0.25, -0.2) is 5.10 Å². The number of aromatic amines is 1. The topological polar surface area (TPSA) is 90.5 Å². The van der Waals surface area contributed by atoms with Crippen LogP contribution in [0.4, 0.5) is 0 Å². The van der Waals surface area contributed by atoms with Gasteiger partial charge in [0.2, 0.25) is 0 Å². The molecule has 0 saturated carbocycles. The fraction of sp³-hybridized carbons (Fsp3) is 0.524. The third kappa shape index (κ3) is 6.26. The van der Waals surface area contributed by atoms with Gasteiger partial charge < -0.3 is 13.8 Å². The van der Waals surface area contributed by atoms with E-state index in [1.165, 1.54) is 0 Å². The maximum absolute atomic E-state index is 12.6. The Labute approximate surface area is 172 Å². The summed E-state index contributed by atoms with van der Waals surface area (Å²) in [6.07, 6.45) is 0.469. The fourth-order valence-corrected chi connectivity index (χ4v) is 4.46. The molecular weight excluding hydrogens is 391 g/mol. The van der Waals surface area contributed by atoms with Crippen molar-refractivity contribution >= 4 is 7.60 Å². The van der Waals surface area contributed by atoms with Gasteiger partial charge in [-0.1, -0.05) is 13.8 Å². The molecule has 0 aliphatic carbocycles. The number of nitrogens with one attached hydrogen (secondary N) is 1. The van der Waals surface area contributed by atoms with Crippen LogP contribution in [0.3, 0.4) is 0 Å². The highest BCUT2D eigenvalue weighted by atomic mass is 31.2. The Hall–Kier alpha value is -1.95. The monoisotopic (exact) mass is 422 g/mol. The summed E-state index contributed by atoms with van der Waals surface area (Å²) in [7, 11) is -3.27. The molecule has 0 saturated heterocycles. The Kier molecular flexibility index (Phi) is 8.20. The smallest absolute Gasteiger partial charge is 0.367 e. The summed E-state index contributed by atoms with van der Waals surface area (Å²) < 4.78 is 28.8. The number of hydrogen-bond acceptors (Lipinski definition) is 6. The number of ether oxygens (including phenoxy) is 1. The number of hydrogen-bond donors (Lipinski definition) is 1. The minimum Gasteiger partial charge on any atom is -0.481 e. The van der Waals surface area contributed by atoms with Gasteiger partial charge in [0, 0.05) is 12.0 Å². The van der Waals surface area contributed by atoms with E-state index in [1.807, 2.05) is 45.9 Å². The van der Waals surface area contributed by atoms with Crippen molar-refractivity contribution in [1.82, 2.24) is 10.2 Å². The van der Waals surface area contributed by atoms with Crippen molar-refractivity contribution in [2.75, 3.05) is 19.6 Å².